The van der Waals surface area contributed by atoms with Crippen LogP contribution >= 0.6 is 0 Å². The third kappa shape index (κ3) is 4.19. The van der Waals surface area contributed by atoms with Crippen molar-refractivity contribution in [3.63, 3.8) is 0 Å². The van der Waals surface area contributed by atoms with Gasteiger partial charge in [-0.3, -0.25) is 9.58 Å². The molecule has 0 aliphatic carbocycles. The molecule has 2 heterocycles. The molecule has 1 saturated heterocycles. The zero-order valence-corrected chi connectivity index (χ0v) is 16.2. The number of hydrogen-bond donors (Lipinski definition) is 0. The normalized spacial score (nSPS) is 17.0. The van der Waals surface area contributed by atoms with Crippen LogP contribution in [0.3, 0.4) is 0 Å². The summed E-state index contributed by atoms with van der Waals surface area (Å²) in [6.45, 7) is 5.48. The van der Waals surface area contributed by atoms with E-state index in [0.717, 1.165) is 56.1 Å². The molecule has 1 aliphatic rings. The third-order valence-electron chi connectivity index (χ3n) is 5.10. The summed E-state index contributed by atoms with van der Waals surface area (Å²) in [5, 5.41) is 4.38. The number of methoxy groups -OCH3 is 2. The summed E-state index contributed by atoms with van der Waals surface area (Å²) in [6, 6.07) is 6.04. The van der Waals surface area contributed by atoms with E-state index in [4.69, 9.17) is 14.2 Å². The van der Waals surface area contributed by atoms with Gasteiger partial charge in [-0.05, 0) is 25.8 Å². The van der Waals surface area contributed by atoms with Gasteiger partial charge in [-0.1, -0.05) is 12.1 Å². The van der Waals surface area contributed by atoms with Gasteiger partial charge in [0.25, 0.3) is 0 Å². The molecule has 0 amide bonds. The van der Waals surface area contributed by atoms with Gasteiger partial charge in [0.05, 0.1) is 26.5 Å². The van der Waals surface area contributed by atoms with E-state index in [2.05, 4.69) is 23.0 Å². The Hall–Kier alpha value is -2.05. The highest BCUT2D eigenvalue weighted by Crippen LogP contribution is 2.32. The molecule has 1 aliphatic heterocycles. The quantitative estimate of drug-likeness (QED) is 0.725. The van der Waals surface area contributed by atoms with Crippen LogP contribution in [0.15, 0.2) is 24.4 Å². The van der Waals surface area contributed by atoms with Crippen molar-refractivity contribution in [1.29, 1.82) is 0 Å². The summed E-state index contributed by atoms with van der Waals surface area (Å²) in [5.41, 5.74) is 3.55. The maximum atomic E-state index is 5.88. The van der Waals surface area contributed by atoms with Gasteiger partial charge in [0.1, 0.15) is 0 Å². The predicted molar refractivity (Wildman–Crippen MR) is 101 cm³/mol. The lowest BCUT2D eigenvalue weighted by atomic mass is 10.1. The van der Waals surface area contributed by atoms with Crippen LogP contribution in [0, 0.1) is 6.92 Å². The van der Waals surface area contributed by atoms with E-state index >= 15 is 0 Å². The minimum absolute atomic E-state index is 0.295. The molecule has 6 heteroatoms. The van der Waals surface area contributed by atoms with E-state index in [9.17, 15) is 0 Å². The average Bonchev–Trinajstić information content (AvgIpc) is 3.26. The summed E-state index contributed by atoms with van der Waals surface area (Å²) in [7, 11) is 5.34. The number of aromatic nitrogens is 2. The highest BCUT2D eigenvalue weighted by atomic mass is 16.5. The summed E-state index contributed by atoms with van der Waals surface area (Å²) in [6.07, 6.45) is 4.52. The second-order valence-electron chi connectivity index (χ2n) is 6.84. The second kappa shape index (κ2) is 8.56. The Morgan fingerprint density at radius 1 is 1.23 bits per heavy atom. The highest BCUT2D eigenvalue weighted by molar-refractivity contribution is 5.46. The van der Waals surface area contributed by atoms with Crippen LogP contribution in [0.4, 0.5) is 0 Å². The predicted octanol–water partition coefficient (Wildman–Crippen LogP) is 2.93. The highest BCUT2D eigenvalue weighted by Gasteiger charge is 2.22. The van der Waals surface area contributed by atoms with Gasteiger partial charge >= 0.3 is 0 Å². The smallest absolute Gasteiger partial charge is 0.165 e. The number of para-hydroxylation sites is 1. The van der Waals surface area contributed by atoms with E-state index in [1.807, 2.05) is 30.1 Å². The topological polar surface area (TPSA) is 48.8 Å². The van der Waals surface area contributed by atoms with E-state index in [1.54, 1.807) is 14.2 Å². The minimum atomic E-state index is 0.295. The summed E-state index contributed by atoms with van der Waals surface area (Å²) < 4.78 is 18.9. The standard InChI is InChI=1S/C20H29N3O3/c1-15-17(11-21-22(15)2)13-23(14-18-8-6-10-26-18)12-16-7-5-9-19(24-3)20(16)25-4/h5,7,9,11,18H,6,8,10,12-14H2,1-4H3/t18-/m0/s1. The van der Waals surface area contributed by atoms with Crippen LogP contribution in [0.25, 0.3) is 0 Å². The first-order chi connectivity index (χ1) is 12.6. The average molecular weight is 359 g/mol. The molecule has 3 rings (SSSR count). The fourth-order valence-electron chi connectivity index (χ4n) is 3.52. The van der Waals surface area contributed by atoms with Gasteiger partial charge in [-0.25, -0.2) is 0 Å². The Morgan fingerprint density at radius 3 is 2.65 bits per heavy atom. The number of nitrogens with zero attached hydrogens (tertiary/aromatic N) is 3. The SMILES string of the molecule is COc1cccc(CN(Cc2cnn(C)c2C)C[C@@H]2CCCO2)c1OC. The van der Waals surface area contributed by atoms with Crippen molar-refractivity contribution in [2.75, 3.05) is 27.4 Å². The fourth-order valence-corrected chi connectivity index (χ4v) is 3.52. The lowest BCUT2D eigenvalue weighted by molar-refractivity contribution is 0.0675. The molecule has 0 bridgehead atoms. The Labute approximate surface area is 155 Å². The molecule has 0 spiro atoms. The van der Waals surface area contributed by atoms with Crippen molar-refractivity contribution in [3.8, 4) is 11.5 Å². The Bertz CT molecular complexity index is 723. The van der Waals surface area contributed by atoms with Crippen molar-refractivity contribution in [2.45, 2.75) is 39.0 Å². The maximum Gasteiger partial charge on any atom is 0.165 e. The molecule has 2 aromatic rings. The molecule has 0 unspecified atom stereocenters. The first-order valence-corrected chi connectivity index (χ1v) is 9.13. The number of benzene rings is 1. The van der Waals surface area contributed by atoms with Gasteiger partial charge in [-0.15, -0.1) is 0 Å². The monoisotopic (exact) mass is 359 g/mol. The van der Waals surface area contributed by atoms with Crippen LogP contribution in [0.5, 0.6) is 11.5 Å². The number of aryl methyl sites for hydroxylation is 1. The Balaban J connectivity index is 1.82. The van der Waals surface area contributed by atoms with Crippen LogP contribution in [0.1, 0.15) is 29.7 Å². The molecule has 142 valence electrons. The van der Waals surface area contributed by atoms with Crippen molar-refractivity contribution < 1.29 is 14.2 Å². The molecule has 0 radical (unpaired) electrons. The van der Waals surface area contributed by atoms with E-state index in [-0.39, 0.29) is 0 Å². The molecule has 0 saturated carbocycles. The molecule has 0 N–H and O–H groups in total. The lowest BCUT2D eigenvalue weighted by Gasteiger charge is -2.26. The molecule has 1 aromatic heterocycles. The number of rotatable bonds is 8. The van der Waals surface area contributed by atoms with Crippen molar-refractivity contribution >= 4 is 0 Å². The number of hydrogen-bond acceptors (Lipinski definition) is 5. The third-order valence-corrected chi connectivity index (χ3v) is 5.10. The summed E-state index contributed by atoms with van der Waals surface area (Å²) in [4.78, 5) is 2.41. The fraction of sp³-hybridized carbons (Fsp3) is 0.550. The molecule has 1 fully saturated rings. The van der Waals surface area contributed by atoms with Gasteiger partial charge < -0.3 is 14.2 Å². The maximum absolute atomic E-state index is 5.88. The van der Waals surface area contributed by atoms with Crippen LogP contribution in [-0.2, 0) is 24.9 Å². The van der Waals surface area contributed by atoms with Crippen molar-refractivity contribution in [1.82, 2.24) is 14.7 Å². The second-order valence-corrected chi connectivity index (χ2v) is 6.84. The molecular formula is C20H29N3O3. The van der Waals surface area contributed by atoms with Gasteiger partial charge in [0.2, 0.25) is 0 Å². The first-order valence-electron chi connectivity index (χ1n) is 9.13. The van der Waals surface area contributed by atoms with Crippen LogP contribution in [-0.4, -0.2) is 48.2 Å². The van der Waals surface area contributed by atoms with Crippen LogP contribution < -0.4 is 9.47 Å². The van der Waals surface area contributed by atoms with Crippen LogP contribution in [0.2, 0.25) is 0 Å². The molecule has 1 aromatic carbocycles. The van der Waals surface area contributed by atoms with E-state index in [0.29, 0.717) is 6.10 Å². The number of ether oxygens (including phenoxy) is 3. The lowest BCUT2D eigenvalue weighted by Crippen LogP contribution is -2.31. The minimum Gasteiger partial charge on any atom is -0.493 e. The molecule has 6 nitrogen and oxygen atoms in total. The van der Waals surface area contributed by atoms with Crippen molar-refractivity contribution in [2.24, 2.45) is 7.05 Å². The Kier molecular flexibility index (Phi) is 6.16. The zero-order chi connectivity index (χ0) is 18.5. The molecule has 26 heavy (non-hydrogen) atoms. The molecule has 1 atom stereocenters. The largest absolute Gasteiger partial charge is 0.493 e. The van der Waals surface area contributed by atoms with Crippen molar-refractivity contribution in [3.05, 3.63) is 41.2 Å². The van der Waals surface area contributed by atoms with E-state index < -0.39 is 0 Å². The van der Waals surface area contributed by atoms with Gasteiger partial charge in [-0.2, -0.15) is 5.10 Å². The summed E-state index contributed by atoms with van der Waals surface area (Å²) >= 11 is 0. The van der Waals surface area contributed by atoms with Gasteiger partial charge in [0.15, 0.2) is 11.5 Å². The first kappa shape index (κ1) is 18.7. The van der Waals surface area contributed by atoms with Gasteiger partial charge in [0, 0.05) is 50.1 Å². The molecular weight excluding hydrogens is 330 g/mol. The Morgan fingerprint density at radius 2 is 2.04 bits per heavy atom. The zero-order valence-electron chi connectivity index (χ0n) is 16.2. The van der Waals surface area contributed by atoms with E-state index in [1.165, 1.54) is 11.3 Å². The summed E-state index contributed by atoms with van der Waals surface area (Å²) in [5.74, 6) is 1.56.